The second-order valence-corrected chi connectivity index (χ2v) is 12.4. The van der Waals surface area contributed by atoms with Crippen molar-refractivity contribution in [1.82, 2.24) is 15.5 Å². The van der Waals surface area contributed by atoms with Gasteiger partial charge in [-0.05, 0) is 50.8 Å². The van der Waals surface area contributed by atoms with E-state index in [0.29, 0.717) is 18.0 Å². The van der Waals surface area contributed by atoms with Gasteiger partial charge in [-0.25, -0.2) is 9.59 Å². The van der Waals surface area contributed by atoms with Gasteiger partial charge < -0.3 is 40.3 Å². The van der Waals surface area contributed by atoms with Crippen LogP contribution in [0.2, 0.25) is 5.02 Å². The number of ether oxygens (including phenoxy) is 3. The second kappa shape index (κ2) is 13.2. The monoisotopic (exact) mass is 601 g/mol. The number of carbonyl (C=O) groups excluding carboxylic acids is 3. The molecule has 0 bridgehead atoms. The van der Waals surface area contributed by atoms with Gasteiger partial charge in [-0.2, -0.15) is 0 Å². The molecule has 1 aromatic carbocycles. The predicted octanol–water partition coefficient (Wildman–Crippen LogP) is 2.08. The molecule has 0 aromatic heterocycles. The molecule has 232 valence electrons. The summed E-state index contributed by atoms with van der Waals surface area (Å²) in [5, 5.41) is 36.3. The van der Waals surface area contributed by atoms with E-state index in [1.165, 1.54) is 6.92 Å². The average Bonchev–Trinajstić information content (AvgIpc) is 2.87. The van der Waals surface area contributed by atoms with Crippen molar-refractivity contribution >= 4 is 29.5 Å². The zero-order chi connectivity index (χ0) is 31.4. The molecule has 1 aliphatic heterocycles. The van der Waals surface area contributed by atoms with Gasteiger partial charge in [0.1, 0.15) is 11.6 Å². The number of nitrogens with one attached hydrogen (secondary N) is 2. The molecular weight excluding hydrogens is 558 g/mol. The quantitative estimate of drug-likeness (QED) is 0.188. The molecule has 3 atom stereocenters. The fourth-order valence-electron chi connectivity index (χ4n) is 4.68. The van der Waals surface area contributed by atoms with Crippen molar-refractivity contribution in [1.29, 1.82) is 0 Å². The SMILES string of the molecule is COC(O)(O)OC(C)C(=O)OC(C)(C)CNC(=O)N[C@@H](C(=O)N1CC[C@](O)(c2ccc(Cl)cc2)C(C)(C)C1)C(C)C. The Hall–Kier alpha value is -2.48. The topological polar surface area (TPSA) is 167 Å². The molecule has 1 heterocycles. The highest BCUT2D eigenvalue weighted by Gasteiger charge is 2.50. The molecule has 13 heteroatoms. The Morgan fingerprint density at radius 1 is 1.12 bits per heavy atom. The van der Waals surface area contributed by atoms with Gasteiger partial charge >= 0.3 is 18.2 Å². The zero-order valence-electron chi connectivity index (χ0n) is 25.0. The van der Waals surface area contributed by atoms with Crippen LogP contribution >= 0.6 is 11.6 Å². The Kier molecular flexibility index (Phi) is 11.2. The molecule has 0 saturated carbocycles. The van der Waals surface area contributed by atoms with E-state index in [0.717, 1.165) is 12.7 Å². The number of esters is 1. The largest absolute Gasteiger partial charge is 0.456 e. The first-order chi connectivity index (χ1) is 18.7. The van der Waals surface area contributed by atoms with Crippen molar-refractivity contribution in [2.45, 2.75) is 84.4 Å². The van der Waals surface area contributed by atoms with Crippen LogP contribution in [-0.2, 0) is 29.4 Å². The van der Waals surface area contributed by atoms with Crippen LogP contribution in [0.4, 0.5) is 4.79 Å². The van der Waals surface area contributed by atoms with Crippen LogP contribution in [-0.4, -0.2) is 88.8 Å². The number of piperidine rings is 1. The molecule has 0 radical (unpaired) electrons. The summed E-state index contributed by atoms with van der Waals surface area (Å²) in [6.07, 6.45) is -4.03. The molecule has 1 fully saturated rings. The van der Waals surface area contributed by atoms with Crippen LogP contribution in [0.25, 0.3) is 0 Å². The third-order valence-electron chi connectivity index (χ3n) is 7.28. The number of aliphatic hydroxyl groups is 3. The molecule has 5 N–H and O–H groups in total. The number of nitrogens with zero attached hydrogens (tertiary/aromatic N) is 1. The second-order valence-electron chi connectivity index (χ2n) is 12.0. The number of benzene rings is 1. The highest BCUT2D eigenvalue weighted by Crippen LogP contribution is 2.46. The summed E-state index contributed by atoms with van der Waals surface area (Å²) in [6, 6.07) is 5.57. The molecule has 1 unspecified atom stereocenters. The van der Waals surface area contributed by atoms with Gasteiger partial charge in [0.05, 0.1) is 12.1 Å². The Morgan fingerprint density at radius 2 is 1.71 bits per heavy atom. The highest BCUT2D eigenvalue weighted by molar-refractivity contribution is 6.30. The number of likely N-dealkylation sites (tertiary alicyclic amines) is 1. The first-order valence-corrected chi connectivity index (χ1v) is 13.8. The normalized spacial score (nSPS) is 20.8. The van der Waals surface area contributed by atoms with Crippen molar-refractivity contribution < 1.29 is 43.9 Å². The lowest BCUT2D eigenvalue weighted by atomic mass is 9.66. The first-order valence-electron chi connectivity index (χ1n) is 13.5. The number of hydrogen-bond acceptors (Lipinski definition) is 9. The van der Waals surface area contributed by atoms with Gasteiger partial charge in [0, 0.05) is 30.6 Å². The standard InChI is InChI=1S/C28H44ClN3O9/c1-17(2)21(31-24(35)30-15-26(6,7)41-23(34)18(3)40-28(37,38)39-8)22(33)32-14-13-27(36,25(4,5)16-32)19-9-11-20(29)12-10-19/h9-12,17-18,21,36-38H,13-16H2,1-8H3,(H2,30,31,35)/t18?,21-,27+/m1/s1. The summed E-state index contributed by atoms with van der Waals surface area (Å²) in [6.45, 7) is 12.2. The molecule has 3 amide bonds. The third-order valence-corrected chi connectivity index (χ3v) is 7.53. The van der Waals surface area contributed by atoms with E-state index in [2.05, 4.69) is 15.4 Å². The molecule has 41 heavy (non-hydrogen) atoms. The molecular formula is C28H44ClN3O9. The first kappa shape index (κ1) is 34.7. The van der Waals surface area contributed by atoms with E-state index in [1.807, 2.05) is 27.7 Å². The molecule has 12 nitrogen and oxygen atoms in total. The predicted molar refractivity (Wildman–Crippen MR) is 150 cm³/mol. The molecule has 0 aliphatic carbocycles. The fraction of sp³-hybridized carbons (Fsp3) is 0.679. The average molecular weight is 602 g/mol. The maximum Gasteiger partial charge on any atom is 0.408 e. The lowest BCUT2D eigenvalue weighted by molar-refractivity contribution is -0.470. The van der Waals surface area contributed by atoms with Crippen molar-refractivity contribution in [3.05, 3.63) is 34.9 Å². The summed E-state index contributed by atoms with van der Waals surface area (Å²) in [5.74, 6) is -1.42. The van der Waals surface area contributed by atoms with Crippen molar-refractivity contribution in [3.63, 3.8) is 0 Å². The number of halogens is 1. The lowest BCUT2D eigenvalue weighted by Gasteiger charge is -2.51. The molecule has 1 saturated heterocycles. The van der Waals surface area contributed by atoms with Crippen LogP contribution in [0, 0.1) is 11.3 Å². The zero-order valence-corrected chi connectivity index (χ0v) is 25.7. The van der Waals surface area contributed by atoms with E-state index in [1.54, 1.807) is 43.0 Å². The molecule has 1 aliphatic rings. The van der Waals surface area contributed by atoms with Gasteiger partial charge in [0.25, 0.3) is 0 Å². The molecule has 2 rings (SSSR count). The highest BCUT2D eigenvalue weighted by atomic mass is 35.5. The van der Waals surface area contributed by atoms with Gasteiger partial charge in [-0.1, -0.05) is 51.4 Å². The number of methoxy groups -OCH3 is 1. The van der Waals surface area contributed by atoms with E-state index >= 15 is 0 Å². The summed E-state index contributed by atoms with van der Waals surface area (Å²) >= 11 is 6.02. The maximum absolute atomic E-state index is 13.6. The Balaban J connectivity index is 2.00. The number of hydrogen-bond donors (Lipinski definition) is 5. The fourth-order valence-corrected chi connectivity index (χ4v) is 4.81. The smallest absolute Gasteiger partial charge is 0.408 e. The number of urea groups is 1. The Morgan fingerprint density at radius 3 is 2.22 bits per heavy atom. The van der Waals surface area contributed by atoms with E-state index in [4.69, 9.17) is 21.1 Å². The number of carbonyl (C=O) groups is 3. The van der Waals surface area contributed by atoms with E-state index in [-0.39, 0.29) is 24.9 Å². The molecule has 0 spiro atoms. The van der Waals surface area contributed by atoms with Gasteiger partial charge in [-0.3, -0.25) is 9.53 Å². The van der Waals surface area contributed by atoms with Crippen molar-refractivity contribution in [3.8, 4) is 0 Å². The summed E-state index contributed by atoms with van der Waals surface area (Å²) in [5.41, 5.74) is -2.33. The minimum Gasteiger partial charge on any atom is -0.456 e. The maximum atomic E-state index is 13.6. The van der Waals surface area contributed by atoms with Gasteiger partial charge in [-0.15, -0.1) is 0 Å². The van der Waals surface area contributed by atoms with E-state index in [9.17, 15) is 29.7 Å². The Labute approximate surface area is 246 Å². The van der Waals surface area contributed by atoms with Crippen LogP contribution < -0.4 is 10.6 Å². The van der Waals surface area contributed by atoms with Crippen molar-refractivity contribution in [2.24, 2.45) is 11.3 Å². The number of rotatable bonds is 11. The Bertz CT molecular complexity index is 1080. The summed E-state index contributed by atoms with van der Waals surface area (Å²) < 4.78 is 14.3. The van der Waals surface area contributed by atoms with Gasteiger partial charge in [0.15, 0.2) is 6.10 Å². The van der Waals surface area contributed by atoms with Crippen LogP contribution in [0.5, 0.6) is 0 Å². The van der Waals surface area contributed by atoms with Crippen LogP contribution in [0.1, 0.15) is 60.5 Å². The number of amides is 3. The van der Waals surface area contributed by atoms with Gasteiger partial charge in [0.2, 0.25) is 5.91 Å². The van der Waals surface area contributed by atoms with Crippen LogP contribution in [0.15, 0.2) is 24.3 Å². The summed E-state index contributed by atoms with van der Waals surface area (Å²) in [4.78, 5) is 40.3. The van der Waals surface area contributed by atoms with Crippen molar-refractivity contribution in [2.75, 3.05) is 26.7 Å². The van der Waals surface area contributed by atoms with Crippen LogP contribution in [0.3, 0.4) is 0 Å². The third kappa shape index (κ3) is 9.00. The minimum absolute atomic E-state index is 0.116. The van der Waals surface area contributed by atoms with E-state index < -0.39 is 46.9 Å². The summed E-state index contributed by atoms with van der Waals surface area (Å²) in [7, 11) is 0.979. The lowest BCUT2D eigenvalue weighted by Crippen LogP contribution is -2.61. The minimum atomic E-state index is -2.96. The molecule has 1 aromatic rings.